The topological polar surface area (TPSA) is 58.0 Å². The fourth-order valence-electron chi connectivity index (χ4n) is 3.22. The number of fused-ring (bicyclic) bond motifs is 1. The molecule has 23 heavy (non-hydrogen) atoms. The van der Waals surface area contributed by atoms with E-state index in [1.165, 1.54) is 42.4 Å². The lowest BCUT2D eigenvalue weighted by Crippen LogP contribution is -2.42. The molecule has 0 spiro atoms. The maximum Gasteiger partial charge on any atom is 0.127 e. The van der Waals surface area contributed by atoms with Gasteiger partial charge in [-0.3, -0.25) is 0 Å². The Labute approximate surface area is 142 Å². The maximum atomic E-state index is 9.42. The average molecular weight is 334 g/mol. The molecule has 1 fully saturated rings. The first-order valence-corrected chi connectivity index (χ1v) is 9.43. The van der Waals surface area contributed by atoms with Crippen molar-refractivity contribution in [3.63, 3.8) is 0 Å². The van der Waals surface area contributed by atoms with Gasteiger partial charge in [-0.1, -0.05) is 19.3 Å². The van der Waals surface area contributed by atoms with E-state index in [-0.39, 0.29) is 12.1 Å². The van der Waals surface area contributed by atoms with Crippen molar-refractivity contribution in [2.24, 2.45) is 0 Å². The summed E-state index contributed by atoms with van der Waals surface area (Å²) in [6.07, 6.45) is 6.70. The van der Waals surface area contributed by atoms with E-state index < -0.39 is 0 Å². The predicted octanol–water partition coefficient (Wildman–Crippen LogP) is 3.91. The third kappa shape index (κ3) is 3.90. The van der Waals surface area contributed by atoms with Gasteiger partial charge in [0.2, 0.25) is 0 Å². The van der Waals surface area contributed by atoms with E-state index in [0.29, 0.717) is 12.5 Å². The number of rotatable bonds is 5. The van der Waals surface area contributed by atoms with E-state index in [4.69, 9.17) is 0 Å². The van der Waals surface area contributed by atoms with Crippen molar-refractivity contribution in [1.82, 2.24) is 15.3 Å². The molecular formula is C18H27N3OS. The van der Waals surface area contributed by atoms with Gasteiger partial charge in [0, 0.05) is 22.3 Å². The summed E-state index contributed by atoms with van der Waals surface area (Å²) in [5.74, 6) is 1.53. The van der Waals surface area contributed by atoms with Gasteiger partial charge in [-0.25, -0.2) is 9.97 Å². The summed E-state index contributed by atoms with van der Waals surface area (Å²) in [6, 6.07) is 2.32. The van der Waals surface area contributed by atoms with Gasteiger partial charge in [0.25, 0.3) is 0 Å². The SMILES string of the molecule is Cc1nc(CNC(C)(C)CO)c2cc(C3CCCCC3)sc2n1. The minimum Gasteiger partial charge on any atom is -0.394 e. The van der Waals surface area contributed by atoms with Crippen LogP contribution in [-0.4, -0.2) is 27.2 Å². The van der Waals surface area contributed by atoms with Crippen LogP contribution in [-0.2, 0) is 6.54 Å². The predicted molar refractivity (Wildman–Crippen MR) is 96.0 cm³/mol. The van der Waals surface area contributed by atoms with Crippen LogP contribution in [0.25, 0.3) is 10.2 Å². The number of hydrogen-bond donors (Lipinski definition) is 2. The Bertz CT molecular complexity index is 674. The standard InChI is InChI=1S/C18H27N3OS/c1-12-20-15(10-19-18(2,3)11-22)14-9-16(23-17(14)21-12)13-7-5-4-6-8-13/h9,13,19,22H,4-8,10-11H2,1-3H3. The number of thiophene rings is 1. The number of aliphatic hydroxyl groups excluding tert-OH is 1. The third-order valence-corrected chi connectivity index (χ3v) is 5.93. The van der Waals surface area contributed by atoms with Crippen molar-refractivity contribution >= 4 is 21.6 Å². The quantitative estimate of drug-likeness (QED) is 0.871. The summed E-state index contributed by atoms with van der Waals surface area (Å²) in [5.41, 5.74) is 0.750. The van der Waals surface area contributed by atoms with Crippen molar-refractivity contribution in [3.05, 3.63) is 22.5 Å². The first kappa shape index (κ1) is 16.8. The molecule has 0 aromatic carbocycles. The highest BCUT2D eigenvalue weighted by Gasteiger charge is 2.21. The number of aryl methyl sites for hydroxylation is 1. The minimum atomic E-state index is -0.298. The van der Waals surface area contributed by atoms with E-state index in [1.54, 1.807) is 0 Å². The number of hydrogen-bond acceptors (Lipinski definition) is 5. The molecule has 0 radical (unpaired) electrons. The van der Waals surface area contributed by atoms with Crippen LogP contribution in [0.4, 0.5) is 0 Å². The molecule has 2 heterocycles. The number of nitrogens with zero attached hydrogens (tertiary/aromatic N) is 2. The van der Waals surface area contributed by atoms with Crippen molar-refractivity contribution < 1.29 is 5.11 Å². The Morgan fingerprint density at radius 1 is 1.26 bits per heavy atom. The Balaban J connectivity index is 1.89. The first-order valence-electron chi connectivity index (χ1n) is 8.61. The molecule has 2 aromatic rings. The Hall–Kier alpha value is -1.04. The van der Waals surface area contributed by atoms with Crippen LogP contribution < -0.4 is 5.32 Å². The van der Waals surface area contributed by atoms with Crippen LogP contribution in [0.5, 0.6) is 0 Å². The van der Waals surface area contributed by atoms with Gasteiger partial charge in [-0.15, -0.1) is 11.3 Å². The minimum absolute atomic E-state index is 0.108. The van der Waals surface area contributed by atoms with E-state index in [2.05, 4.69) is 21.4 Å². The average Bonchev–Trinajstić information content (AvgIpc) is 2.97. The van der Waals surface area contributed by atoms with E-state index in [0.717, 1.165) is 16.3 Å². The first-order chi connectivity index (χ1) is 11.0. The maximum absolute atomic E-state index is 9.42. The molecule has 2 N–H and O–H groups in total. The molecule has 0 atom stereocenters. The second-order valence-electron chi connectivity index (χ2n) is 7.32. The zero-order chi connectivity index (χ0) is 16.4. The second kappa shape index (κ2) is 6.83. The lowest BCUT2D eigenvalue weighted by Gasteiger charge is -2.23. The van der Waals surface area contributed by atoms with Crippen LogP contribution in [0, 0.1) is 6.92 Å². The summed E-state index contributed by atoms with van der Waals surface area (Å²) in [4.78, 5) is 11.9. The highest BCUT2D eigenvalue weighted by atomic mass is 32.1. The molecule has 0 bridgehead atoms. The zero-order valence-electron chi connectivity index (χ0n) is 14.4. The number of aromatic nitrogens is 2. The van der Waals surface area contributed by atoms with Crippen molar-refractivity contribution in [2.45, 2.75) is 70.9 Å². The fourth-order valence-corrected chi connectivity index (χ4v) is 4.49. The Morgan fingerprint density at radius 2 is 2.00 bits per heavy atom. The summed E-state index contributed by atoms with van der Waals surface area (Å²) in [6.45, 7) is 6.73. The molecule has 0 amide bonds. The highest BCUT2D eigenvalue weighted by Crippen LogP contribution is 2.39. The van der Waals surface area contributed by atoms with Crippen LogP contribution >= 0.6 is 11.3 Å². The van der Waals surface area contributed by atoms with Gasteiger partial charge in [-0.2, -0.15) is 0 Å². The molecule has 0 saturated heterocycles. The van der Waals surface area contributed by atoms with Crippen LogP contribution in [0.15, 0.2) is 6.07 Å². The molecule has 4 nitrogen and oxygen atoms in total. The van der Waals surface area contributed by atoms with E-state index in [1.807, 2.05) is 32.1 Å². The molecule has 1 aliphatic rings. The fraction of sp³-hybridized carbons (Fsp3) is 0.667. The monoisotopic (exact) mass is 333 g/mol. The van der Waals surface area contributed by atoms with Gasteiger partial charge >= 0.3 is 0 Å². The molecular weight excluding hydrogens is 306 g/mol. The molecule has 1 aliphatic carbocycles. The second-order valence-corrected chi connectivity index (χ2v) is 8.38. The van der Waals surface area contributed by atoms with Gasteiger partial charge in [0.15, 0.2) is 0 Å². The smallest absolute Gasteiger partial charge is 0.127 e. The molecule has 3 rings (SSSR count). The van der Waals surface area contributed by atoms with Gasteiger partial charge in [0.1, 0.15) is 10.7 Å². The van der Waals surface area contributed by atoms with Crippen LogP contribution in [0.1, 0.15) is 68.3 Å². The molecule has 1 saturated carbocycles. The van der Waals surface area contributed by atoms with Crippen LogP contribution in [0.3, 0.4) is 0 Å². The molecule has 0 aliphatic heterocycles. The van der Waals surface area contributed by atoms with Gasteiger partial charge in [0.05, 0.1) is 12.3 Å². The number of nitrogens with one attached hydrogen (secondary N) is 1. The third-order valence-electron chi connectivity index (χ3n) is 4.74. The largest absolute Gasteiger partial charge is 0.394 e. The Morgan fingerprint density at radius 3 is 2.70 bits per heavy atom. The molecule has 126 valence electrons. The summed E-state index contributed by atoms with van der Waals surface area (Å²) in [5, 5.41) is 14.0. The lowest BCUT2D eigenvalue weighted by atomic mass is 9.88. The van der Waals surface area contributed by atoms with Gasteiger partial charge < -0.3 is 10.4 Å². The highest BCUT2D eigenvalue weighted by molar-refractivity contribution is 7.18. The summed E-state index contributed by atoms with van der Waals surface area (Å²) in [7, 11) is 0. The van der Waals surface area contributed by atoms with E-state index >= 15 is 0 Å². The number of aliphatic hydroxyl groups is 1. The molecule has 5 heteroatoms. The normalized spacial score (nSPS) is 17.0. The van der Waals surface area contributed by atoms with E-state index in [9.17, 15) is 5.11 Å². The van der Waals surface area contributed by atoms with Crippen molar-refractivity contribution in [3.8, 4) is 0 Å². The Kier molecular flexibility index (Phi) is 4.99. The lowest BCUT2D eigenvalue weighted by molar-refractivity contribution is 0.187. The summed E-state index contributed by atoms with van der Waals surface area (Å²) < 4.78 is 0. The molecule has 0 unspecified atom stereocenters. The molecule has 2 aromatic heterocycles. The van der Waals surface area contributed by atoms with Crippen LogP contribution in [0.2, 0.25) is 0 Å². The van der Waals surface area contributed by atoms with Gasteiger partial charge in [-0.05, 0) is 45.6 Å². The zero-order valence-corrected chi connectivity index (χ0v) is 15.2. The van der Waals surface area contributed by atoms with Crippen molar-refractivity contribution in [1.29, 1.82) is 0 Å². The van der Waals surface area contributed by atoms with Crippen molar-refractivity contribution in [2.75, 3.05) is 6.61 Å². The summed E-state index contributed by atoms with van der Waals surface area (Å²) >= 11 is 1.84.